The van der Waals surface area contributed by atoms with Crippen molar-refractivity contribution in [3.8, 4) is 0 Å². The fourth-order valence-electron chi connectivity index (χ4n) is 1.29. The van der Waals surface area contributed by atoms with E-state index in [1.807, 2.05) is 7.05 Å². The first-order chi connectivity index (χ1) is 6.59. The number of rotatable bonds is 0. The highest BCUT2D eigenvalue weighted by atomic mass is 16.1. The van der Waals surface area contributed by atoms with Crippen LogP contribution in [0.15, 0.2) is 11.0 Å². The van der Waals surface area contributed by atoms with Gasteiger partial charge >= 0.3 is 5.56 Å². The van der Waals surface area contributed by atoms with E-state index in [2.05, 4.69) is 15.0 Å². The van der Waals surface area contributed by atoms with E-state index in [4.69, 9.17) is 0 Å². The Hall–Kier alpha value is -1.78. The molecule has 14 heavy (non-hydrogen) atoms. The average molecular weight is 190 g/mol. The van der Waals surface area contributed by atoms with Gasteiger partial charge in [0.15, 0.2) is 11.2 Å². The van der Waals surface area contributed by atoms with Crippen LogP contribution in [-0.4, -0.2) is 19.5 Å². The predicted octanol–water partition coefficient (Wildman–Crippen LogP) is 0.340. The first kappa shape index (κ1) is 8.80. The van der Waals surface area contributed by atoms with Crippen LogP contribution in [0.2, 0.25) is 0 Å². The summed E-state index contributed by atoms with van der Waals surface area (Å²) in [6, 6.07) is 0. The molecule has 0 aliphatic rings. The van der Waals surface area contributed by atoms with Crippen molar-refractivity contribution >= 4 is 11.2 Å². The molecule has 2 aromatic heterocycles. The minimum Gasteiger partial charge on any atom is -0.316 e. The number of fused-ring (bicyclic) bond motifs is 1. The summed E-state index contributed by atoms with van der Waals surface area (Å²) < 4.78 is 1.75. The van der Waals surface area contributed by atoms with Crippen LogP contribution in [0.3, 0.4) is 0 Å². The van der Waals surface area contributed by atoms with E-state index in [-0.39, 0.29) is 5.56 Å². The summed E-state index contributed by atoms with van der Waals surface area (Å²) >= 11 is 0. The molecule has 72 valence electrons. The molecule has 0 N–H and O–H groups in total. The van der Waals surface area contributed by atoms with Crippen molar-refractivity contribution < 1.29 is 0 Å². The molecule has 0 aliphatic carbocycles. The first-order valence-electron chi connectivity index (χ1n) is 4.26. The van der Waals surface area contributed by atoms with Gasteiger partial charge in [-0.3, -0.25) is 4.79 Å². The molecule has 0 aliphatic heterocycles. The predicted molar refractivity (Wildman–Crippen MR) is 52.0 cm³/mol. The van der Waals surface area contributed by atoms with E-state index >= 15 is 0 Å². The molecule has 0 spiro atoms. The minimum atomic E-state index is -0.313. The molecule has 2 aromatic rings. The second-order valence-corrected chi connectivity index (χ2v) is 3.21. The fourth-order valence-corrected chi connectivity index (χ4v) is 1.29. The maximum absolute atomic E-state index is 11.5. The highest BCUT2D eigenvalue weighted by Gasteiger charge is 2.07. The third-order valence-corrected chi connectivity index (χ3v) is 2.14. The quantitative estimate of drug-likeness (QED) is 0.601. The molecule has 5 nitrogen and oxygen atoms in total. The van der Waals surface area contributed by atoms with E-state index in [0.29, 0.717) is 17.0 Å². The number of nitrogens with zero attached hydrogens (tertiary/aromatic N) is 4. The van der Waals surface area contributed by atoms with Gasteiger partial charge in [-0.1, -0.05) is 0 Å². The normalized spacial score (nSPS) is 10.8. The van der Waals surface area contributed by atoms with Gasteiger partial charge in [-0.05, 0) is 13.8 Å². The maximum atomic E-state index is 11.5. The monoisotopic (exact) mass is 190 g/mol. The molecule has 0 fully saturated rings. The number of aromatic nitrogens is 4. The number of hydrogen-bond donors (Lipinski definition) is 0. The maximum Gasteiger partial charge on any atom is 0.301 e. The molecule has 2 heterocycles. The molecule has 5 heteroatoms. The smallest absolute Gasteiger partial charge is 0.301 e. The standard InChI is InChI=1S/C9H10N4O/c1-5-4-10-8-7(11-5)9(14)12-6(2)13(8)3/h4H,1-3H3. The number of aryl methyl sites for hydroxylation is 3. The zero-order chi connectivity index (χ0) is 10.3. The molecule has 2 rings (SSSR count). The largest absolute Gasteiger partial charge is 0.316 e. The summed E-state index contributed by atoms with van der Waals surface area (Å²) in [4.78, 5) is 23.6. The van der Waals surface area contributed by atoms with E-state index in [1.165, 1.54) is 0 Å². The van der Waals surface area contributed by atoms with Gasteiger partial charge in [0.1, 0.15) is 5.82 Å². The van der Waals surface area contributed by atoms with Crippen LogP contribution in [0.5, 0.6) is 0 Å². The molecule has 0 aromatic carbocycles. The summed E-state index contributed by atoms with van der Waals surface area (Å²) in [5.74, 6) is 0.639. The summed E-state index contributed by atoms with van der Waals surface area (Å²) in [6.07, 6.45) is 1.64. The lowest BCUT2D eigenvalue weighted by molar-refractivity contribution is 0.819. The van der Waals surface area contributed by atoms with Gasteiger partial charge < -0.3 is 4.57 Å². The summed E-state index contributed by atoms with van der Waals surface area (Å²) in [5, 5.41) is 0. The Balaban J connectivity index is 3.02. The van der Waals surface area contributed by atoms with Gasteiger partial charge in [0.2, 0.25) is 0 Å². The molecule has 0 saturated carbocycles. The molecule has 0 atom stereocenters. The van der Waals surface area contributed by atoms with Crippen LogP contribution >= 0.6 is 0 Å². The van der Waals surface area contributed by atoms with Gasteiger partial charge in [-0.25, -0.2) is 9.97 Å². The summed E-state index contributed by atoms with van der Waals surface area (Å²) in [7, 11) is 1.81. The van der Waals surface area contributed by atoms with Crippen LogP contribution < -0.4 is 5.56 Å². The lowest BCUT2D eigenvalue weighted by atomic mass is 10.4. The Bertz CT molecular complexity index is 558. The molecular weight excluding hydrogens is 180 g/mol. The molecule has 0 amide bonds. The van der Waals surface area contributed by atoms with Crippen molar-refractivity contribution in [3.63, 3.8) is 0 Å². The van der Waals surface area contributed by atoms with Crippen LogP contribution in [0.25, 0.3) is 11.2 Å². The Morgan fingerprint density at radius 1 is 1.29 bits per heavy atom. The fraction of sp³-hybridized carbons (Fsp3) is 0.333. The Kier molecular flexibility index (Phi) is 1.80. The lowest BCUT2D eigenvalue weighted by Gasteiger charge is -2.05. The van der Waals surface area contributed by atoms with Crippen molar-refractivity contribution in [2.24, 2.45) is 7.05 Å². The molecule has 0 radical (unpaired) electrons. The molecule has 0 unspecified atom stereocenters. The molecule has 0 saturated heterocycles. The van der Waals surface area contributed by atoms with Crippen LogP contribution in [0, 0.1) is 13.8 Å². The van der Waals surface area contributed by atoms with E-state index in [0.717, 1.165) is 5.69 Å². The van der Waals surface area contributed by atoms with Crippen molar-refractivity contribution in [2.75, 3.05) is 0 Å². The van der Waals surface area contributed by atoms with Gasteiger partial charge in [0.05, 0.1) is 11.9 Å². The third-order valence-electron chi connectivity index (χ3n) is 2.14. The third kappa shape index (κ3) is 1.17. The van der Waals surface area contributed by atoms with E-state index in [1.54, 1.807) is 24.6 Å². The van der Waals surface area contributed by atoms with Gasteiger partial charge in [0, 0.05) is 7.05 Å². The number of hydrogen-bond acceptors (Lipinski definition) is 4. The SMILES string of the molecule is Cc1cnc2c(n1)c(=O)nc(C)n2C. The van der Waals surface area contributed by atoms with Crippen LogP contribution in [-0.2, 0) is 7.05 Å². The van der Waals surface area contributed by atoms with Crippen molar-refractivity contribution in [1.82, 2.24) is 19.5 Å². The van der Waals surface area contributed by atoms with Crippen molar-refractivity contribution in [2.45, 2.75) is 13.8 Å². The van der Waals surface area contributed by atoms with Crippen molar-refractivity contribution in [3.05, 3.63) is 28.1 Å². The lowest BCUT2D eigenvalue weighted by Crippen LogP contribution is -2.17. The van der Waals surface area contributed by atoms with Crippen LogP contribution in [0.1, 0.15) is 11.5 Å². The van der Waals surface area contributed by atoms with Crippen LogP contribution in [0.4, 0.5) is 0 Å². The van der Waals surface area contributed by atoms with E-state index < -0.39 is 0 Å². The summed E-state index contributed by atoms with van der Waals surface area (Å²) in [6.45, 7) is 3.56. The summed E-state index contributed by atoms with van der Waals surface area (Å²) in [5.41, 5.74) is 1.32. The second kappa shape index (κ2) is 2.87. The Labute approximate surface area is 80.5 Å². The van der Waals surface area contributed by atoms with E-state index in [9.17, 15) is 4.79 Å². The average Bonchev–Trinajstić information content (AvgIpc) is 2.14. The Morgan fingerprint density at radius 3 is 2.71 bits per heavy atom. The topological polar surface area (TPSA) is 60.7 Å². The Morgan fingerprint density at radius 2 is 2.00 bits per heavy atom. The second-order valence-electron chi connectivity index (χ2n) is 3.21. The zero-order valence-corrected chi connectivity index (χ0v) is 8.27. The molecular formula is C9H10N4O. The first-order valence-corrected chi connectivity index (χ1v) is 4.26. The minimum absolute atomic E-state index is 0.313. The zero-order valence-electron chi connectivity index (χ0n) is 8.27. The van der Waals surface area contributed by atoms with Crippen molar-refractivity contribution in [1.29, 1.82) is 0 Å². The highest BCUT2D eigenvalue weighted by Crippen LogP contribution is 2.04. The molecule has 0 bridgehead atoms. The van der Waals surface area contributed by atoms with Gasteiger partial charge in [0.25, 0.3) is 0 Å². The highest BCUT2D eigenvalue weighted by molar-refractivity contribution is 5.68. The van der Waals surface area contributed by atoms with Gasteiger partial charge in [-0.2, -0.15) is 4.98 Å². The van der Waals surface area contributed by atoms with Gasteiger partial charge in [-0.15, -0.1) is 0 Å².